The molecule has 6 nitrogen and oxygen atoms in total. The van der Waals surface area contributed by atoms with E-state index in [0.29, 0.717) is 18.0 Å². The van der Waals surface area contributed by atoms with Crippen LogP contribution in [-0.4, -0.2) is 27.0 Å². The molecule has 168 valence electrons. The predicted molar refractivity (Wildman–Crippen MR) is 126 cm³/mol. The van der Waals surface area contributed by atoms with Crippen LogP contribution in [0.1, 0.15) is 24.5 Å². The van der Waals surface area contributed by atoms with Crippen molar-refractivity contribution >= 4 is 21.6 Å². The van der Waals surface area contributed by atoms with Crippen molar-refractivity contribution in [3.05, 3.63) is 90.0 Å². The van der Waals surface area contributed by atoms with Gasteiger partial charge in [0.1, 0.15) is 11.8 Å². The maximum atomic E-state index is 13.1. The molecule has 0 aliphatic rings. The summed E-state index contributed by atoms with van der Waals surface area (Å²) in [6.07, 6.45) is 1.08. The number of hydrogen-bond donors (Lipinski definition) is 2. The number of sulfonamides is 1. The van der Waals surface area contributed by atoms with E-state index < -0.39 is 22.0 Å². The number of hydrogen-bond acceptors (Lipinski definition) is 4. The molecule has 1 amide bonds. The van der Waals surface area contributed by atoms with E-state index in [4.69, 9.17) is 4.74 Å². The Morgan fingerprint density at radius 3 is 2.38 bits per heavy atom. The summed E-state index contributed by atoms with van der Waals surface area (Å²) in [5, 5.41) is 2.82. The van der Waals surface area contributed by atoms with E-state index in [2.05, 4.69) is 10.0 Å². The molecule has 0 aliphatic heterocycles. The molecule has 0 saturated carbocycles. The van der Waals surface area contributed by atoms with Crippen molar-refractivity contribution in [3.8, 4) is 5.75 Å². The van der Waals surface area contributed by atoms with Gasteiger partial charge in [0, 0.05) is 11.8 Å². The lowest BCUT2D eigenvalue weighted by Gasteiger charge is -2.19. The van der Waals surface area contributed by atoms with E-state index in [-0.39, 0.29) is 11.3 Å². The molecular weight excluding hydrogens is 424 g/mol. The van der Waals surface area contributed by atoms with Gasteiger partial charge in [-0.05, 0) is 49.6 Å². The van der Waals surface area contributed by atoms with E-state index in [1.165, 1.54) is 12.1 Å². The van der Waals surface area contributed by atoms with Crippen molar-refractivity contribution in [2.24, 2.45) is 0 Å². The number of carbonyl (C=O) groups excluding carboxylic acids is 1. The Bertz CT molecular complexity index is 1130. The van der Waals surface area contributed by atoms with Crippen molar-refractivity contribution < 1.29 is 17.9 Å². The molecule has 0 heterocycles. The second-order valence-corrected chi connectivity index (χ2v) is 9.26. The number of anilines is 1. The summed E-state index contributed by atoms with van der Waals surface area (Å²) in [7, 11) is -3.89. The lowest BCUT2D eigenvalue weighted by Crippen LogP contribution is -2.45. The first-order valence-electron chi connectivity index (χ1n) is 10.5. The minimum Gasteiger partial charge on any atom is -0.494 e. The van der Waals surface area contributed by atoms with Crippen LogP contribution in [0.3, 0.4) is 0 Å². The van der Waals surface area contributed by atoms with Gasteiger partial charge in [-0.15, -0.1) is 0 Å². The maximum absolute atomic E-state index is 13.1. The molecule has 7 heteroatoms. The Morgan fingerprint density at radius 1 is 0.969 bits per heavy atom. The molecule has 3 aromatic carbocycles. The zero-order valence-corrected chi connectivity index (χ0v) is 19.1. The molecule has 0 saturated heterocycles. The Kier molecular flexibility index (Phi) is 8.03. The fourth-order valence-corrected chi connectivity index (χ4v) is 4.32. The normalized spacial score (nSPS) is 12.2. The Morgan fingerprint density at radius 2 is 1.69 bits per heavy atom. The Balaban J connectivity index is 1.82. The number of amides is 1. The standard InChI is InChI=1S/C25H28N2O4S/c1-3-16-31-22-11-7-10-21(18-22)26-25(28)24(17-20-8-5-4-6-9-20)27-32(29,30)23-14-12-19(2)13-15-23/h4-15,18,24,27H,3,16-17H2,1-2H3,(H,26,28). The summed E-state index contributed by atoms with van der Waals surface area (Å²) < 4.78 is 34.1. The van der Waals surface area contributed by atoms with Gasteiger partial charge in [-0.25, -0.2) is 8.42 Å². The fourth-order valence-electron chi connectivity index (χ4n) is 3.12. The molecule has 0 fully saturated rings. The van der Waals surface area contributed by atoms with Crippen molar-refractivity contribution in [1.82, 2.24) is 4.72 Å². The third kappa shape index (κ3) is 6.67. The highest BCUT2D eigenvalue weighted by atomic mass is 32.2. The van der Waals surface area contributed by atoms with Gasteiger partial charge in [0.25, 0.3) is 0 Å². The smallest absolute Gasteiger partial charge is 0.242 e. The number of aryl methyl sites for hydroxylation is 1. The zero-order chi connectivity index (χ0) is 23.0. The molecule has 32 heavy (non-hydrogen) atoms. The van der Waals surface area contributed by atoms with E-state index >= 15 is 0 Å². The van der Waals surface area contributed by atoms with Crippen LogP contribution in [0.2, 0.25) is 0 Å². The van der Waals surface area contributed by atoms with Crippen LogP contribution >= 0.6 is 0 Å². The molecule has 3 aromatic rings. The monoisotopic (exact) mass is 452 g/mol. The van der Waals surface area contributed by atoms with Crippen LogP contribution in [0.5, 0.6) is 5.75 Å². The number of nitrogens with one attached hydrogen (secondary N) is 2. The SMILES string of the molecule is CCCOc1cccc(NC(=O)C(Cc2ccccc2)NS(=O)(=O)c2ccc(C)cc2)c1. The molecule has 0 radical (unpaired) electrons. The van der Waals surface area contributed by atoms with Gasteiger partial charge in [-0.1, -0.05) is 61.0 Å². The van der Waals surface area contributed by atoms with E-state index in [0.717, 1.165) is 17.5 Å². The average Bonchev–Trinajstić information content (AvgIpc) is 2.78. The van der Waals surface area contributed by atoms with Crippen LogP contribution in [0.4, 0.5) is 5.69 Å². The summed E-state index contributed by atoms with van der Waals surface area (Å²) in [5.41, 5.74) is 2.34. The third-order valence-corrected chi connectivity index (χ3v) is 6.29. The van der Waals surface area contributed by atoms with Crippen molar-refractivity contribution in [1.29, 1.82) is 0 Å². The highest BCUT2D eigenvalue weighted by molar-refractivity contribution is 7.89. The second-order valence-electron chi connectivity index (χ2n) is 7.54. The largest absolute Gasteiger partial charge is 0.494 e. The van der Waals surface area contributed by atoms with Crippen LogP contribution in [0, 0.1) is 6.92 Å². The Labute approximate surface area is 189 Å². The van der Waals surface area contributed by atoms with E-state index in [1.54, 1.807) is 30.3 Å². The van der Waals surface area contributed by atoms with Gasteiger partial charge in [0.15, 0.2) is 0 Å². The molecule has 3 rings (SSSR count). The third-order valence-electron chi connectivity index (χ3n) is 4.80. The van der Waals surface area contributed by atoms with Gasteiger partial charge in [0.05, 0.1) is 11.5 Å². The molecule has 2 N–H and O–H groups in total. The van der Waals surface area contributed by atoms with Gasteiger partial charge < -0.3 is 10.1 Å². The first-order chi connectivity index (χ1) is 15.4. The molecule has 0 spiro atoms. The number of carbonyl (C=O) groups is 1. The fraction of sp³-hybridized carbons (Fsp3) is 0.240. The molecule has 0 aromatic heterocycles. The minimum absolute atomic E-state index is 0.115. The zero-order valence-electron chi connectivity index (χ0n) is 18.2. The van der Waals surface area contributed by atoms with Gasteiger partial charge >= 0.3 is 0 Å². The first-order valence-corrected chi connectivity index (χ1v) is 12.0. The van der Waals surface area contributed by atoms with Crippen LogP contribution in [-0.2, 0) is 21.2 Å². The predicted octanol–water partition coefficient (Wildman–Crippen LogP) is 4.31. The molecule has 0 bridgehead atoms. The summed E-state index contributed by atoms with van der Waals surface area (Å²) in [6.45, 7) is 4.47. The van der Waals surface area contributed by atoms with Crippen molar-refractivity contribution in [2.45, 2.75) is 37.6 Å². The van der Waals surface area contributed by atoms with Crippen molar-refractivity contribution in [2.75, 3.05) is 11.9 Å². The molecule has 0 aliphatic carbocycles. The summed E-state index contributed by atoms with van der Waals surface area (Å²) in [6, 6.07) is 21.9. The average molecular weight is 453 g/mol. The quantitative estimate of drug-likeness (QED) is 0.480. The van der Waals surface area contributed by atoms with E-state index in [9.17, 15) is 13.2 Å². The number of benzene rings is 3. The number of ether oxygens (including phenoxy) is 1. The van der Waals surface area contributed by atoms with Crippen LogP contribution in [0.25, 0.3) is 0 Å². The van der Waals surface area contributed by atoms with Crippen LogP contribution in [0.15, 0.2) is 83.8 Å². The second kappa shape index (κ2) is 10.9. The lowest BCUT2D eigenvalue weighted by atomic mass is 10.1. The number of rotatable bonds is 10. The lowest BCUT2D eigenvalue weighted by molar-refractivity contribution is -0.117. The van der Waals surface area contributed by atoms with E-state index in [1.807, 2.05) is 50.2 Å². The topological polar surface area (TPSA) is 84.5 Å². The first kappa shape index (κ1) is 23.5. The van der Waals surface area contributed by atoms with Crippen LogP contribution < -0.4 is 14.8 Å². The maximum Gasteiger partial charge on any atom is 0.242 e. The van der Waals surface area contributed by atoms with Gasteiger partial charge in [0.2, 0.25) is 15.9 Å². The Hall–Kier alpha value is -3.16. The highest BCUT2D eigenvalue weighted by Gasteiger charge is 2.26. The summed E-state index contributed by atoms with van der Waals surface area (Å²) in [5.74, 6) is 0.196. The molecular formula is C25H28N2O4S. The summed E-state index contributed by atoms with van der Waals surface area (Å²) >= 11 is 0. The highest BCUT2D eigenvalue weighted by Crippen LogP contribution is 2.19. The van der Waals surface area contributed by atoms with Gasteiger partial charge in [-0.3, -0.25) is 4.79 Å². The van der Waals surface area contributed by atoms with Crippen molar-refractivity contribution in [3.63, 3.8) is 0 Å². The summed E-state index contributed by atoms with van der Waals surface area (Å²) in [4.78, 5) is 13.2. The molecule has 1 atom stereocenters. The molecule has 1 unspecified atom stereocenters. The minimum atomic E-state index is -3.89. The van der Waals surface area contributed by atoms with Gasteiger partial charge in [-0.2, -0.15) is 4.72 Å².